The van der Waals surface area contributed by atoms with Crippen LogP contribution < -0.4 is 10.6 Å². The molecule has 0 unspecified atom stereocenters. The Kier molecular flexibility index (Phi) is 4.75. The van der Waals surface area contributed by atoms with Gasteiger partial charge in [-0.15, -0.1) is 0 Å². The van der Waals surface area contributed by atoms with Gasteiger partial charge in [0.25, 0.3) is 5.91 Å². The molecule has 0 saturated carbocycles. The minimum atomic E-state index is -0.289. The summed E-state index contributed by atoms with van der Waals surface area (Å²) >= 11 is 0. The van der Waals surface area contributed by atoms with Gasteiger partial charge in [-0.2, -0.15) is 0 Å². The number of aryl methyl sites for hydroxylation is 2. The second-order valence-electron chi connectivity index (χ2n) is 5.82. The monoisotopic (exact) mass is 335 g/mol. The minimum absolute atomic E-state index is 0.177. The fraction of sp³-hybridized carbons (Fsp3) is 0.100. The topological polar surface area (TPSA) is 54.0 Å². The van der Waals surface area contributed by atoms with E-state index in [1.165, 1.54) is 12.1 Å². The smallest absolute Gasteiger partial charge is 0.255 e. The van der Waals surface area contributed by atoms with E-state index in [4.69, 9.17) is 0 Å². The van der Waals surface area contributed by atoms with Crippen molar-refractivity contribution in [3.05, 3.63) is 83.3 Å². The summed E-state index contributed by atoms with van der Waals surface area (Å²) in [4.78, 5) is 16.6. The van der Waals surface area contributed by atoms with E-state index in [9.17, 15) is 9.18 Å². The molecule has 5 heteroatoms. The average molecular weight is 335 g/mol. The van der Waals surface area contributed by atoms with Crippen molar-refractivity contribution in [2.24, 2.45) is 0 Å². The zero-order valence-corrected chi connectivity index (χ0v) is 14.0. The highest BCUT2D eigenvalue weighted by molar-refractivity contribution is 6.04. The van der Waals surface area contributed by atoms with E-state index in [-0.39, 0.29) is 11.7 Å². The minimum Gasteiger partial charge on any atom is -0.340 e. The van der Waals surface area contributed by atoms with Gasteiger partial charge in [0.05, 0.1) is 11.9 Å². The predicted molar refractivity (Wildman–Crippen MR) is 97.8 cm³/mol. The van der Waals surface area contributed by atoms with E-state index in [0.717, 1.165) is 16.8 Å². The maximum atomic E-state index is 12.9. The molecular formula is C20H18FN3O. The van der Waals surface area contributed by atoms with Crippen molar-refractivity contribution >= 4 is 23.1 Å². The van der Waals surface area contributed by atoms with E-state index in [0.29, 0.717) is 17.1 Å². The van der Waals surface area contributed by atoms with Gasteiger partial charge in [0.2, 0.25) is 0 Å². The molecule has 126 valence electrons. The third-order valence-electron chi connectivity index (χ3n) is 3.91. The molecule has 3 rings (SSSR count). The molecule has 4 nitrogen and oxygen atoms in total. The second-order valence-corrected chi connectivity index (χ2v) is 5.82. The number of carbonyl (C=O) groups is 1. The van der Waals surface area contributed by atoms with Gasteiger partial charge in [-0.25, -0.2) is 9.37 Å². The Morgan fingerprint density at radius 1 is 0.920 bits per heavy atom. The van der Waals surface area contributed by atoms with Crippen molar-refractivity contribution < 1.29 is 9.18 Å². The molecule has 0 atom stereocenters. The molecular weight excluding hydrogens is 317 g/mol. The third kappa shape index (κ3) is 4.20. The number of anilines is 3. The van der Waals surface area contributed by atoms with Crippen molar-refractivity contribution in [3.8, 4) is 0 Å². The van der Waals surface area contributed by atoms with Crippen LogP contribution >= 0.6 is 0 Å². The van der Waals surface area contributed by atoms with Crippen LogP contribution in [0.3, 0.4) is 0 Å². The molecule has 0 fully saturated rings. The van der Waals surface area contributed by atoms with Crippen LogP contribution in [0.5, 0.6) is 0 Å². The van der Waals surface area contributed by atoms with Crippen molar-refractivity contribution in [3.63, 3.8) is 0 Å². The summed E-state index contributed by atoms with van der Waals surface area (Å²) in [7, 11) is 0. The molecule has 25 heavy (non-hydrogen) atoms. The summed E-state index contributed by atoms with van der Waals surface area (Å²) in [5, 5.41) is 5.89. The van der Waals surface area contributed by atoms with Gasteiger partial charge >= 0.3 is 0 Å². The first-order chi connectivity index (χ1) is 12.0. The van der Waals surface area contributed by atoms with Crippen LogP contribution in [0, 0.1) is 19.7 Å². The Hall–Kier alpha value is -3.21. The van der Waals surface area contributed by atoms with Gasteiger partial charge in [0, 0.05) is 11.3 Å². The number of halogens is 1. The SMILES string of the molecule is Cc1ccc(C(=O)Nc2ccc(Nc3ccc(F)cc3)nc2)cc1C. The first kappa shape index (κ1) is 16.6. The van der Waals surface area contributed by atoms with Crippen LogP contribution in [-0.2, 0) is 0 Å². The highest BCUT2D eigenvalue weighted by Gasteiger charge is 2.07. The van der Waals surface area contributed by atoms with E-state index in [1.807, 2.05) is 26.0 Å². The molecule has 0 bridgehead atoms. The van der Waals surface area contributed by atoms with Crippen LogP contribution in [0.4, 0.5) is 21.6 Å². The second kappa shape index (κ2) is 7.13. The molecule has 0 radical (unpaired) electrons. The van der Waals surface area contributed by atoms with Crippen LogP contribution in [-0.4, -0.2) is 10.9 Å². The molecule has 2 aromatic carbocycles. The van der Waals surface area contributed by atoms with E-state index in [2.05, 4.69) is 15.6 Å². The average Bonchev–Trinajstić information content (AvgIpc) is 2.61. The van der Waals surface area contributed by atoms with Gasteiger partial charge in [0.15, 0.2) is 0 Å². The number of nitrogens with one attached hydrogen (secondary N) is 2. The quantitative estimate of drug-likeness (QED) is 0.718. The fourth-order valence-corrected chi connectivity index (χ4v) is 2.31. The van der Waals surface area contributed by atoms with Gasteiger partial charge in [-0.3, -0.25) is 4.79 Å². The lowest BCUT2D eigenvalue weighted by molar-refractivity contribution is 0.102. The fourth-order valence-electron chi connectivity index (χ4n) is 2.31. The highest BCUT2D eigenvalue weighted by atomic mass is 19.1. The number of pyridine rings is 1. The normalized spacial score (nSPS) is 10.4. The number of amides is 1. The molecule has 0 aliphatic rings. The summed E-state index contributed by atoms with van der Waals surface area (Å²) < 4.78 is 12.9. The van der Waals surface area contributed by atoms with Crippen molar-refractivity contribution in [1.82, 2.24) is 4.98 Å². The highest BCUT2D eigenvalue weighted by Crippen LogP contribution is 2.17. The first-order valence-electron chi connectivity index (χ1n) is 7.88. The standard InChI is InChI=1S/C20H18FN3O/c1-13-3-4-15(11-14(13)2)20(25)24-18-9-10-19(22-12-18)23-17-7-5-16(21)6-8-17/h3-12H,1-2H3,(H,22,23)(H,24,25). The lowest BCUT2D eigenvalue weighted by Crippen LogP contribution is -2.12. The Labute approximate surface area is 145 Å². The summed E-state index contributed by atoms with van der Waals surface area (Å²) in [5.74, 6) is 0.142. The number of hydrogen-bond donors (Lipinski definition) is 2. The maximum Gasteiger partial charge on any atom is 0.255 e. The van der Waals surface area contributed by atoms with Crippen LogP contribution in [0.25, 0.3) is 0 Å². The molecule has 1 heterocycles. The number of benzene rings is 2. The molecule has 0 saturated heterocycles. The lowest BCUT2D eigenvalue weighted by atomic mass is 10.1. The molecule has 2 N–H and O–H groups in total. The molecule has 0 spiro atoms. The van der Waals surface area contributed by atoms with Crippen molar-refractivity contribution in [1.29, 1.82) is 0 Å². The largest absolute Gasteiger partial charge is 0.340 e. The van der Waals surface area contributed by atoms with Crippen LogP contribution in [0.1, 0.15) is 21.5 Å². The Morgan fingerprint density at radius 2 is 1.64 bits per heavy atom. The summed E-state index contributed by atoms with van der Waals surface area (Å²) in [6.45, 7) is 3.98. The predicted octanol–water partition coefficient (Wildman–Crippen LogP) is 4.83. The van der Waals surface area contributed by atoms with Crippen LogP contribution in [0.15, 0.2) is 60.8 Å². The Morgan fingerprint density at radius 3 is 2.28 bits per heavy atom. The number of hydrogen-bond acceptors (Lipinski definition) is 3. The molecule has 0 aliphatic carbocycles. The molecule has 1 amide bonds. The molecule has 3 aromatic rings. The Balaban J connectivity index is 1.66. The number of aromatic nitrogens is 1. The van der Waals surface area contributed by atoms with Gasteiger partial charge in [0.1, 0.15) is 11.6 Å². The Bertz CT molecular complexity index is 890. The number of rotatable bonds is 4. The maximum absolute atomic E-state index is 12.9. The van der Waals surface area contributed by atoms with Gasteiger partial charge in [-0.1, -0.05) is 6.07 Å². The van der Waals surface area contributed by atoms with Crippen molar-refractivity contribution in [2.75, 3.05) is 10.6 Å². The van der Waals surface area contributed by atoms with E-state index in [1.54, 1.807) is 36.5 Å². The van der Waals surface area contributed by atoms with Gasteiger partial charge < -0.3 is 10.6 Å². The zero-order chi connectivity index (χ0) is 17.8. The van der Waals surface area contributed by atoms with Crippen LogP contribution in [0.2, 0.25) is 0 Å². The summed E-state index contributed by atoms with van der Waals surface area (Å²) in [6.07, 6.45) is 1.57. The molecule has 1 aromatic heterocycles. The van der Waals surface area contributed by atoms with Crippen molar-refractivity contribution in [2.45, 2.75) is 13.8 Å². The third-order valence-corrected chi connectivity index (χ3v) is 3.91. The first-order valence-corrected chi connectivity index (χ1v) is 7.88. The molecule has 0 aliphatic heterocycles. The number of carbonyl (C=O) groups excluding carboxylic acids is 1. The summed E-state index contributed by atoms with van der Waals surface area (Å²) in [6, 6.07) is 15.1. The van der Waals surface area contributed by atoms with Gasteiger partial charge in [-0.05, 0) is 73.5 Å². The number of nitrogens with zero attached hydrogens (tertiary/aromatic N) is 1. The van der Waals surface area contributed by atoms with E-state index >= 15 is 0 Å². The summed E-state index contributed by atoms with van der Waals surface area (Å²) in [5.41, 5.74) is 4.17. The lowest BCUT2D eigenvalue weighted by Gasteiger charge is -2.09. The zero-order valence-electron chi connectivity index (χ0n) is 14.0. The van der Waals surface area contributed by atoms with E-state index < -0.39 is 0 Å².